The summed E-state index contributed by atoms with van der Waals surface area (Å²) in [5.74, 6) is -2.62. The van der Waals surface area contributed by atoms with Crippen LogP contribution in [0, 0.1) is 0 Å². The molecule has 2 N–H and O–H groups in total. The molecule has 154 valence electrons. The molecule has 0 aliphatic heterocycles. The Morgan fingerprint density at radius 3 is 2.50 bits per heavy atom. The minimum atomic E-state index is -4.67. The number of rotatable bonds is 5. The van der Waals surface area contributed by atoms with Crippen molar-refractivity contribution in [1.29, 1.82) is 0 Å². The van der Waals surface area contributed by atoms with Gasteiger partial charge in [-0.25, -0.2) is 14.8 Å². The second-order valence-electron chi connectivity index (χ2n) is 6.17. The van der Waals surface area contributed by atoms with E-state index in [9.17, 15) is 27.9 Å². The van der Waals surface area contributed by atoms with E-state index in [2.05, 4.69) is 15.3 Å². The fourth-order valence-corrected chi connectivity index (χ4v) is 2.87. The molecule has 30 heavy (non-hydrogen) atoms. The Balaban J connectivity index is 2.22. The van der Waals surface area contributed by atoms with Gasteiger partial charge in [0, 0.05) is 10.9 Å². The van der Waals surface area contributed by atoms with Gasteiger partial charge in [0.2, 0.25) is 13.7 Å². The number of ether oxygens (including phenoxy) is 1. The van der Waals surface area contributed by atoms with Crippen LogP contribution in [0.4, 0.5) is 18.0 Å². The molecule has 0 saturated carbocycles. The van der Waals surface area contributed by atoms with Crippen molar-refractivity contribution in [2.45, 2.75) is 19.1 Å². The summed E-state index contributed by atoms with van der Waals surface area (Å²) in [5, 5.41) is 11.9. The molecule has 0 saturated heterocycles. The number of carboxylic acid groups (broad SMARTS) is 1. The molecule has 0 bridgehead atoms. The lowest BCUT2D eigenvalue weighted by Gasteiger charge is -2.11. The zero-order valence-corrected chi connectivity index (χ0v) is 15.6. The number of hydrogen-bond donors (Lipinski definition) is 2. The molecule has 1 amide bonds. The third-order valence-electron chi connectivity index (χ3n) is 4.17. The molecule has 2 aromatic heterocycles. The molecule has 0 spiro atoms. The number of hydrogen-bond acceptors (Lipinski definition) is 6. The Morgan fingerprint density at radius 1 is 1.23 bits per heavy atom. The third kappa shape index (κ3) is 3.93. The monoisotopic (exact) mass is 419 g/mol. The van der Waals surface area contributed by atoms with Crippen LogP contribution in [-0.2, 0) is 6.18 Å². The number of oxazole rings is 1. The van der Waals surface area contributed by atoms with Crippen molar-refractivity contribution < 1.29 is 37.0 Å². The van der Waals surface area contributed by atoms with E-state index < -0.39 is 35.4 Å². The van der Waals surface area contributed by atoms with Gasteiger partial charge >= 0.3 is 12.1 Å². The van der Waals surface area contributed by atoms with Crippen LogP contribution in [-0.4, -0.2) is 41.8 Å². The SMILES string of the molecule is [B]C(=O)N[C@@H](C)c1oc(-c2ccc(OC)c3nc(C(F)(F)F)ccc23)nc1C(=O)O. The summed E-state index contributed by atoms with van der Waals surface area (Å²) >= 11 is 0. The number of nitrogens with zero attached hydrogens (tertiary/aromatic N) is 2. The topological polar surface area (TPSA) is 115 Å². The fraction of sp³-hybridized carbons (Fsp3) is 0.222. The quantitative estimate of drug-likeness (QED) is 0.608. The fourth-order valence-electron chi connectivity index (χ4n) is 2.87. The van der Waals surface area contributed by atoms with Crippen LogP contribution in [0.15, 0.2) is 28.7 Å². The normalized spacial score (nSPS) is 12.6. The van der Waals surface area contributed by atoms with Crippen molar-refractivity contribution in [3.63, 3.8) is 0 Å². The molecule has 0 fully saturated rings. The number of pyridine rings is 1. The summed E-state index contributed by atoms with van der Waals surface area (Å²) in [5.41, 5.74) is -1.52. The average molecular weight is 419 g/mol. The van der Waals surface area contributed by atoms with Gasteiger partial charge in [0.15, 0.2) is 17.3 Å². The summed E-state index contributed by atoms with van der Waals surface area (Å²) in [7, 11) is 6.33. The van der Waals surface area contributed by atoms with E-state index in [1.165, 1.54) is 32.2 Å². The zero-order chi connectivity index (χ0) is 22.2. The second kappa shape index (κ2) is 7.69. The molecular weight excluding hydrogens is 406 g/mol. The maximum Gasteiger partial charge on any atom is 0.433 e. The molecule has 3 rings (SSSR count). The van der Waals surface area contributed by atoms with Crippen molar-refractivity contribution >= 4 is 30.5 Å². The van der Waals surface area contributed by atoms with Crippen molar-refractivity contribution in [2.75, 3.05) is 7.11 Å². The maximum atomic E-state index is 13.1. The first kappa shape index (κ1) is 21.2. The van der Waals surface area contributed by atoms with Gasteiger partial charge in [-0.2, -0.15) is 13.2 Å². The van der Waals surface area contributed by atoms with E-state index in [0.29, 0.717) is 0 Å². The second-order valence-corrected chi connectivity index (χ2v) is 6.17. The minimum Gasteiger partial charge on any atom is -0.494 e. The van der Waals surface area contributed by atoms with Crippen LogP contribution in [0.2, 0.25) is 0 Å². The number of benzene rings is 1. The van der Waals surface area contributed by atoms with Crippen LogP contribution >= 0.6 is 0 Å². The molecule has 3 aromatic rings. The number of carboxylic acids is 1. The van der Waals surface area contributed by atoms with Crippen LogP contribution in [0.5, 0.6) is 5.75 Å². The maximum absolute atomic E-state index is 13.1. The van der Waals surface area contributed by atoms with Gasteiger partial charge in [0.1, 0.15) is 17.0 Å². The largest absolute Gasteiger partial charge is 0.494 e. The highest BCUT2D eigenvalue weighted by Gasteiger charge is 2.33. The van der Waals surface area contributed by atoms with Gasteiger partial charge in [0.05, 0.1) is 13.2 Å². The predicted octanol–water partition coefficient (Wildman–Crippen LogP) is 3.55. The lowest BCUT2D eigenvalue weighted by atomic mass is 10.1. The first-order chi connectivity index (χ1) is 14.0. The van der Waals surface area contributed by atoms with E-state index in [1.807, 2.05) is 0 Å². The smallest absolute Gasteiger partial charge is 0.433 e. The van der Waals surface area contributed by atoms with Gasteiger partial charge in [-0.3, -0.25) is 4.79 Å². The number of methoxy groups -OCH3 is 1. The van der Waals surface area contributed by atoms with Gasteiger partial charge in [-0.15, -0.1) is 0 Å². The highest BCUT2D eigenvalue weighted by Crippen LogP contribution is 2.37. The van der Waals surface area contributed by atoms with E-state index in [-0.39, 0.29) is 33.9 Å². The summed E-state index contributed by atoms with van der Waals surface area (Å²) in [6.07, 6.45) is -4.67. The number of amides is 1. The summed E-state index contributed by atoms with van der Waals surface area (Å²) < 4.78 is 49.9. The van der Waals surface area contributed by atoms with E-state index in [0.717, 1.165) is 6.07 Å². The van der Waals surface area contributed by atoms with Crippen molar-refractivity contribution in [1.82, 2.24) is 15.3 Å². The number of aromatic carboxylic acids is 1. The first-order valence-corrected chi connectivity index (χ1v) is 8.38. The van der Waals surface area contributed by atoms with Crippen molar-refractivity contribution in [2.24, 2.45) is 0 Å². The number of nitrogens with one attached hydrogen (secondary N) is 1. The molecular formula is C18H13BF3N3O5. The highest BCUT2D eigenvalue weighted by molar-refractivity contribution is 6.57. The molecule has 0 aliphatic rings. The molecule has 1 atom stereocenters. The van der Waals surface area contributed by atoms with E-state index >= 15 is 0 Å². The Bertz CT molecular complexity index is 1150. The molecule has 0 aliphatic carbocycles. The Labute approximate surface area is 168 Å². The van der Waals surface area contributed by atoms with E-state index in [1.54, 1.807) is 0 Å². The van der Waals surface area contributed by atoms with Gasteiger partial charge in [0.25, 0.3) is 0 Å². The van der Waals surface area contributed by atoms with Gasteiger partial charge < -0.3 is 19.6 Å². The van der Waals surface area contributed by atoms with Gasteiger partial charge in [-0.1, -0.05) is 0 Å². The highest BCUT2D eigenvalue weighted by atomic mass is 19.4. The molecule has 8 nitrogen and oxygen atoms in total. The number of carbonyl (C=O) groups is 2. The van der Waals surface area contributed by atoms with Crippen LogP contribution in [0.25, 0.3) is 22.4 Å². The molecule has 2 heterocycles. The predicted molar refractivity (Wildman–Crippen MR) is 98.5 cm³/mol. The van der Waals surface area contributed by atoms with Crippen LogP contribution < -0.4 is 10.1 Å². The minimum absolute atomic E-state index is 0.0776. The van der Waals surface area contributed by atoms with Crippen molar-refractivity contribution in [3.8, 4) is 17.2 Å². The average Bonchev–Trinajstić information content (AvgIpc) is 3.11. The molecule has 2 radical (unpaired) electrons. The number of aromatic nitrogens is 2. The van der Waals surface area contributed by atoms with E-state index in [4.69, 9.17) is 17.0 Å². The lowest BCUT2D eigenvalue weighted by Crippen LogP contribution is -2.25. The zero-order valence-electron chi connectivity index (χ0n) is 15.6. The van der Waals surface area contributed by atoms with Crippen molar-refractivity contribution in [3.05, 3.63) is 41.4 Å². The first-order valence-electron chi connectivity index (χ1n) is 8.38. The van der Waals surface area contributed by atoms with Crippen LogP contribution in [0.1, 0.15) is 34.9 Å². The molecule has 12 heteroatoms. The lowest BCUT2D eigenvalue weighted by molar-refractivity contribution is -0.140. The van der Waals surface area contributed by atoms with Gasteiger partial charge in [-0.05, 0) is 31.2 Å². The number of carbonyl (C=O) groups excluding carboxylic acids is 1. The summed E-state index contributed by atoms with van der Waals surface area (Å²) in [4.78, 5) is 30.2. The standard InChI is InChI=1S/C18H13BF3N3O5/c1-7(23-17(19)28)14-13(16(26)27)25-15(30-14)9-3-5-10(29-2)12-8(9)4-6-11(24-12)18(20,21)22/h3-7H,1-2H3,(H,23,28)(H,26,27)/t7-/m0/s1. The number of halogens is 3. The molecule has 0 unspecified atom stereocenters. The Morgan fingerprint density at radius 2 is 1.93 bits per heavy atom. The summed E-state index contributed by atoms with van der Waals surface area (Å²) in [6.45, 7) is 1.44. The molecule has 1 aromatic carbocycles. The Hall–Kier alpha value is -3.57. The summed E-state index contributed by atoms with van der Waals surface area (Å²) in [6, 6.07) is 3.83. The van der Waals surface area contributed by atoms with Crippen LogP contribution in [0.3, 0.4) is 0 Å². The number of fused-ring (bicyclic) bond motifs is 1. The number of alkyl halides is 3. The Kier molecular flexibility index (Phi) is 5.42. The third-order valence-corrected chi connectivity index (χ3v) is 4.17.